The van der Waals surface area contributed by atoms with Crippen LogP contribution in [0.2, 0.25) is 0 Å². The lowest BCUT2D eigenvalue weighted by Gasteiger charge is -2.34. The van der Waals surface area contributed by atoms with Gasteiger partial charge in [-0.3, -0.25) is 0 Å². The lowest BCUT2D eigenvalue weighted by atomic mass is 9.82. The molecule has 1 aromatic carbocycles. The highest BCUT2D eigenvalue weighted by atomic mass is 15.0. The molecule has 2 aromatic rings. The maximum atomic E-state index is 3.60. The molecule has 0 saturated heterocycles. The van der Waals surface area contributed by atoms with Crippen LogP contribution in [0.25, 0.3) is 5.69 Å². The molecule has 3 rings (SSSR count). The summed E-state index contributed by atoms with van der Waals surface area (Å²) in [6.45, 7) is 2.31. The number of anilines is 1. The normalized spacial score (nSPS) is 23.1. The molecule has 0 unspecified atom stereocenters. The van der Waals surface area contributed by atoms with E-state index in [0.717, 1.165) is 5.92 Å². The summed E-state index contributed by atoms with van der Waals surface area (Å²) in [5.41, 5.74) is 2.44. The minimum Gasteiger partial charge on any atom is -0.382 e. The maximum absolute atomic E-state index is 3.60. The lowest BCUT2D eigenvalue weighted by Crippen LogP contribution is -2.33. The van der Waals surface area contributed by atoms with Crippen molar-refractivity contribution < 1.29 is 0 Å². The van der Waals surface area contributed by atoms with Gasteiger partial charge in [-0.1, -0.05) is 13.0 Å². The molecular formula is C15H18N2. The van der Waals surface area contributed by atoms with E-state index in [-0.39, 0.29) is 0 Å². The summed E-state index contributed by atoms with van der Waals surface area (Å²) in [6.07, 6.45) is 6.75. The Balaban J connectivity index is 1.75. The third-order valence-electron chi connectivity index (χ3n) is 3.49. The van der Waals surface area contributed by atoms with Gasteiger partial charge in [0.2, 0.25) is 0 Å². The van der Waals surface area contributed by atoms with Crippen molar-refractivity contribution in [3.63, 3.8) is 0 Å². The van der Waals surface area contributed by atoms with Crippen molar-refractivity contribution >= 4 is 5.69 Å². The molecule has 1 fully saturated rings. The number of benzene rings is 1. The minimum atomic E-state index is 0.671. The first-order valence-electron chi connectivity index (χ1n) is 6.31. The van der Waals surface area contributed by atoms with Crippen LogP contribution in [-0.4, -0.2) is 10.6 Å². The predicted molar refractivity (Wildman–Crippen MR) is 71.6 cm³/mol. The number of rotatable bonds is 3. The molecule has 17 heavy (non-hydrogen) atoms. The predicted octanol–water partition coefficient (Wildman–Crippen LogP) is 3.69. The third-order valence-corrected chi connectivity index (χ3v) is 3.49. The Morgan fingerprint density at radius 1 is 1.12 bits per heavy atom. The Hall–Kier alpha value is -1.70. The molecule has 0 amide bonds. The van der Waals surface area contributed by atoms with E-state index in [1.54, 1.807) is 0 Å². The molecule has 2 nitrogen and oxygen atoms in total. The van der Waals surface area contributed by atoms with Crippen molar-refractivity contribution in [3.8, 4) is 5.69 Å². The van der Waals surface area contributed by atoms with Gasteiger partial charge in [0, 0.05) is 29.8 Å². The zero-order valence-electron chi connectivity index (χ0n) is 10.1. The lowest BCUT2D eigenvalue weighted by molar-refractivity contribution is 0.309. The van der Waals surface area contributed by atoms with Gasteiger partial charge in [-0.25, -0.2) is 0 Å². The van der Waals surface area contributed by atoms with Gasteiger partial charge in [0.25, 0.3) is 0 Å². The van der Waals surface area contributed by atoms with Crippen LogP contribution < -0.4 is 5.32 Å². The topological polar surface area (TPSA) is 17.0 Å². The Kier molecular flexibility index (Phi) is 2.63. The molecule has 0 radical (unpaired) electrons. The Morgan fingerprint density at radius 2 is 1.88 bits per heavy atom. The van der Waals surface area contributed by atoms with Crippen molar-refractivity contribution in [1.29, 1.82) is 0 Å². The van der Waals surface area contributed by atoms with Gasteiger partial charge in [0.15, 0.2) is 0 Å². The fraction of sp³-hybridized carbons (Fsp3) is 0.333. The van der Waals surface area contributed by atoms with E-state index in [1.807, 2.05) is 12.1 Å². The van der Waals surface area contributed by atoms with E-state index < -0.39 is 0 Å². The minimum absolute atomic E-state index is 0.671. The summed E-state index contributed by atoms with van der Waals surface area (Å²) < 4.78 is 2.13. The highest BCUT2D eigenvalue weighted by molar-refractivity contribution is 5.52. The molecule has 1 aliphatic rings. The second kappa shape index (κ2) is 4.28. The smallest absolute Gasteiger partial charge is 0.0469 e. The average molecular weight is 226 g/mol. The van der Waals surface area contributed by atoms with Crippen LogP contribution in [0.4, 0.5) is 5.69 Å². The summed E-state index contributed by atoms with van der Waals surface area (Å²) in [5.74, 6) is 0.889. The van der Waals surface area contributed by atoms with Crippen LogP contribution in [0.5, 0.6) is 0 Å². The van der Waals surface area contributed by atoms with Crippen LogP contribution in [0.15, 0.2) is 48.8 Å². The maximum Gasteiger partial charge on any atom is 0.0469 e. The molecule has 1 heterocycles. The number of hydrogen-bond acceptors (Lipinski definition) is 1. The van der Waals surface area contributed by atoms with Gasteiger partial charge in [0.1, 0.15) is 0 Å². The van der Waals surface area contributed by atoms with E-state index in [4.69, 9.17) is 0 Å². The van der Waals surface area contributed by atoms with Crippen LogP contribution in [0, 0.1) is 5.92 Å². The van der Waals surface area contributed by atoms with Gasteiger partial charge in [-0.2, -0.15) is 0 Å². The number of nitrogens with zero attached hydrogens (tertiary/aromatic N) is 1. The largest absolute Gasteiger partial charge is 0.382 e. The number of nitrogens with one attached hydrogen (secondary N) is 1. The van der Waals surface area contributed by atoms with Crippen molar-refractivity contribution in [1.82, 2.24) is 4.57 Å². The second-order valence-electron chi connectivity index (χ2n) is 5.06. The molecule has 1 N–H and O–H groups in total. The molecular weight excluding hydrogens is 208 g/mol. The second-order valence-corrected chi connectivity index (χ2v) is 5.06. The van der Waals surface area contributed by atoms with E-state index in [0.29, 0.717) is 6.04 Å². The van der Waals surface area contributed by atoms with E-state index in [2.05, 4.69) is 53.5 Å². The van der Waals surface area contributed by atoms with Gasteiger partial charge in [-0.05, 0) is 49.1 Å². The average Bonchev–Trinajstić information content (AvgIpc) is 2.81. The Morgan fingerprint density at radius 3 is 2.59 bits per heavy atom. The zero-order valence-corrected chi connectivity index (χ0v) is 10.1. The third kappa shape index (κ3) is 2.21. The molecule has 0 spiro atoms. The summed E-state index contributed by atoms with van der Waals surface area (Å²) in [5, 5.41) is 3.60. The van der Waals surface area contributed by atoms with Crippen LogP contribution in [-0.2, 0) is 0 Å². The molecule has 0 atom stereocenters. The Bertz CT molecular complexity index is 481. The van der Waals surface area contributed by atoms with Crippen molar-refractivity contribution in [2.24, 2.45) is 5.92 Å². The number of aromatic nitrogens is 1. The molecule has 1 saturated carbocycles. The molecule has 88 valence electrons. The summed E-state index contributed by atoms with van der Waals surface area (Å²) >= 11 is 0. The molecule has 2 heteroatoms. The van der Waals surface area contributed by atoms with Crippen molar-refractivity contribution in [2.75, 3.05) is 5.32 Å². The van der Waals surface area contributed by atoms with Crippen LogP contribution in [0.1, 0.15) is 19.8 Å². The fourth-order valence-electron chi connectivity index (χ4n) is 2.52. The fourth-order valence-corrected chi connectivity index (χ4v) is 2.52. The highest BCUT2D eigenvalue weighted by Crippen LogP contribution is 2.29. The molecule has 1 aliphatic carbocycles. The first-order chi connectivity index (χ1) is 8.31. The Labute approximate surface area is 102 Å². The highest BCUT2D eigenvalue weighted by Gasteiger charge is 2.24. The monoisotopic (exact) mass is 226 g/mol. The van der Waals surface area contributed by atoms with Gasteiger partial charge < -0.3 is 9.88 Å². The molecule has 1 aromatic heterocycles. The summed E-state index contributed by atoms with van der Waals surface area (Å²) in [4.78, 5) is 0. The van der Waals surface area contributed by atoms with Gasteiger partial charge in [0.05, 0.1) is 0 Å². The van der Waals surface area contributed by atoms with Crippen molar-refractivity contribution in [3.05, 3.63) is 48.8 Å². The first kappa shape index (κ1) is 10.5. The summed E-state index contributed by atoms with van der Waals surface area (Å²) in [7, 11) is 0. The standard InChI is InChI=1S/C15H18N2/c1-12-9-14(10-12)16-13-5-4-6-15(11-13)17-7-2-3-8-17/h2-8,11-12,14,16H,9-10H2,1H3. The van der Waals surface area contributed by atoms with Gasteiger partial charge >= 0.3 is 0 Å². The molecule has 0 aliphatic heterocycles. The van der Waals surface area contributed by atoms with E-state index in [9.17, 15) is 0 Å². The van der Waals surface area contributed by atoms with Crippen molar-refractivity contribution in [2.45, 2.75) is 25.8 Å². The van der Waals surface area contributed by atoms with E-state index in [1.165, 1.54) is 24.2 Å². The van der Waals surface area contributed by atoms with E-state index >= 15 is 0 Å². The SMILES string of the molecule is CC1CC(Nc2cccc(-n3cccc3)c2)C1. The number of hydrogen-bond donors (Lipinski definition) is 1. The quantitative estimate of drug-likeness (QED) is 0.844. The molecule has 0 bridgehead atoms. The first-order valence-corrected chi connectivity index (χ1v) is 6.31. The summed E-state index contributed by atoms with van der Waals surface area (Å²) in [6, 6.07) is 13.4. The zero-order chi connectivity index (χ0) is 11.7. The van der Waals surface area contributed by atoms with Crippen LogP contribution in [0.3, 0.4) is 0 Å². The van der Waals surface area contributed by atoms with Crippen LogP contribution >= 0.6 is 0 Å². The van der Waals surface area contributed by atoms with Gasteiger partial charge in [-0.15, -0.1) is 0 Å².